The maximum Gasteiger partial charge on any atom is 0.318 e. The number of piperidine rings is 1. The fourth-order valence-electron chi connectivity index (χ4n) is 4.49. The van der Waals surface area contributed by atoms with Gasteiger partial charge in [-0.2, -0.15) is 0 Å². The highest BCUT2D eigenvalue weighted by molar-refractivity contribution is 5.74. The van der Waals surface area contributed by atoms with Gasteiger partial charge in [0.15, 0.2) is 0 Å². The van der Waals surface area contributed by atoms with Crippen LogP contribution >= 0.6 is 0 Å². The number of carbonyl (C=O) groups excluding carboxylic acids is 1. The molecule has 1 spiro atoms. The molecule has 0 radical (unpaired) electrons. The third kappa shape index (κ3) is 4.58. The smallest absolute Gasteiger partial charge is 0.318 e. The fourth-order valence-corrected chi connectivity index (χ4v) is 4.49. The summed E-state index contributed by atoms with van der Waals surface area (Å²) in [6.07, 6.45) is 4.48. The van der Waals surface area contributed by atoms with Crippen LogP contribution in [0.1, 0.15) is 36.1 Å². The molecule has 1 aromatic heterocycles. The van der Waals surface area contributed by atoms with Gasteiger partial charge < -0.3 is 15.1 Å². The van der Waals surface area contributed by atoms with Crippen LogP contribution < -0.4 is 5.32 Å². The predicted octanol–water partition coefficient (Wildman–Crippen LogP) is 3.73. The summed E-state index contributed by atoms with van der Waals surface area (Å²) >= 11 is 0. The van der Waals surface area contributed by atoms with Crippen LogP contribution in [0.2, 0.25) is 0 Å². The summed E-state index contributed by atoms with van der Waals surface area (Å²) in [6, 6.07) is 11.4. The highest BCUT2D eigenvalue weighted by Crippen LogP contribution is 2.54. The van der Waals surface area contributed by atoms with Crippen LogP contribution in [0.5, 0.6) is 0 Å². The van der Waals surface area contributed by atoms with Gasteiger partial charge in [0.05, 0.1) is 18.4 Å². The average Bonchev–Trinajstić information content (AvgIpc) is 3.47. The quantitative estimate of drug-likeness (QED) is 0.838. The minimum atomic E-state index is -0.359. The van der Waals surface area contributed by atoms with E-state index in [0.717, 1.165) is 37.9 Å². The zero-order valence-electron chi connectivity index (χ0n) is 17.2. The molecule has 2 fully saturated rings. The van der Waals surface area contributed by atoms with Gasteiger partial charge in [-0.3, -0.25) is 4.98 Å². The Kier molecular flexibility index (Phi) is 5.54. The number of amides is 2. The number of pyridine rings is 1. The highest BCUT2D eigenvalue weighted by Gasteiger charge is 2.54. The molecule has 1 saturated heterocycles. The van der Waals surface area contributed by atoms with Crippen LogP contribution in [0.15, 0.2) is 42.6 Å². The molecule has 2 heterocycles. The van der Waals surface area contributed by atoms with Crippen LogP contribution in [0.3, 0.4) is 0 Å². The molecule has 2 amide bonds. The first kappa shape index (κ1) is 19.8. The van der Waals surface area contributed by atoms with E-state index >= 15 is 0 Å². The Morgan fingerprint density at radius 3 is 2.69 bits per heavy atom. The first-order valence-corrected chi connectivity index (χ1v) is 10.3. The van der Waals surface area contributed by atoms with Crippen molar-refractivity contribution in [3.63, 3.8) is 0 Å². The number of hydrogen-bond acceptors (Lipinski definition) is 3. The van der Waals surface area contributed by atoms with Crippen LogP contribution in [0, 0.1) is 18.2 Å². The first-order valence-electron chi connectivity index (χ1n) is 10.3. The largest absolute Gasteiger partial charge is 0.334 e. The molecule has 1 aliphatic carbocycles. The Bertz CT molecular complexity index is 848. The number of nitrogens with zero attached hydrogens (tertiary/aromatic N) is 3. The minimum absolute atomic E-state index is 0.0717. The molecular weight excluding hydrogens is 367 g/mol. The zero-order chi connectivity index (χ0) is 20.4. The number of rotatable bonds is 5. The summed E-state index contributed by atoms with van der Waals surface area (Å²) in [5, 5.41) is 3.10. The van der Waals surface area contributed by atoms with E-state index in [1.54, 1.807) is 6.07 Å². The van der Waals surface area contributed by atoms with E-state index in [1.807, 2.05) is 17.0 Å². The summed E-state index contributed by atoms with van der Waals surface area (Å²) in [7, 11) is 2.15. The number of aryl methyl sites for hydroxylation is 1. The van der Waals surface area contributed by atoms with Crippen molar-refractivity contribution in [2.24, 2.45) is 5.41 Å². The van der Waals surface area contributed by atoms with E-state index in [4.69, 9.17) is 0 Å². The molecular formula is C23H29FN4O. The second-order valence-corrected chi connectivity index (χ2v) is 8.64. The Morgan fingerprint density at radius 1 is 1.28 bits per heavy atom. The summed E-state index contributed by atoms with van der Waals surface area (Å²) in [5.41, 5.74) is 3.18. The average molecular weight is 397 g/mol. The molecule has 2 aliphatic rings. The number of benzene rings is 1. The van der Waals surface area contributed by atoms with Crippen molar-refractivity contribution >= 4 is 6.03 Å². The molecule has 1 aromatic carbocycles. The first-order chi connectivity index (χ1) is 13.9. The van der Waals surface area contributed by atoms with E-state index in [1.165, 1.54) is 17.8 Å². The third-order valence-corrected chi connectivity index (χ3v) is 6.29. The van der Waals surface area contributed by atoms with Gasteiger partial charge in [0.1, 0.15) is 5.82 Å². The Balaban J connectivity index is 1.51. The van der Waals surface area contributed by atoms with Crippen molar-refractivity contribution in [2.75, 3.05) is 20.1 Å². The summed E-state index contributed by atoms with van der Waals surface area (Å²) in [6.45, 7) is 4.94. The Hall–Kier alpha value is -2.47. The fraction of sp³-hybridized carbons (Fsp3) is 0.478. The summed E-state index contributed by atoms with van der Waals surface area (Å²) in [5.74, 6) is -0.359. The minimum Gasteiger partial charge on any atom is -0.334 e. The molecule has 1 N–H and O–H groups in total. The van der Waals surface area contributed by atoms with Crippen molar-refractivity contribution in [2.45, 2.75) is 45.3 Å². The number of aromatic nitrogens is 1. The van der Waals surface area contributed by atoms with Gasteiger partial charge in [0.25, 0.3) is 0 Å². The molecule has 2 aromatic rings. The SMILES string of the molecule is Cc1ccc(CNC(=O)N(Cc2ccc(F)cn2)[C@H]2CCN(C)CC23CC3)cc1. The second-order valence-electron chi connectivity index (χ2n) is 8.64. The molecule has 154 valence electrons. The maximum absolute atomic E-state index is 13.3. The number of halogens is 1. The van der Waals surface area contributed by atoms with Crippen LogP contribution in [0.25, 0.3) is 0 Å². The highest BCUT2D eigenvalue weighted by atomic mass is 19.1. The molecule has 0 unspecified atom stereocenters. The van der Waals surface area contributed by atoms with E-state index in [9.17, 15) is 9.18 Å². The third-order valence-electron chi connectivity index (χ3n) is 6.29. The van der Waals surface area contributed by atoms with Crippen molar-refractivity contribution in [1.82, 2.24) is 20.1 Å². The topological polar surface area (TPSA) is 48.5 Å². The molecule has 5 nitrogen and oxygen atoms in total. The van der Waals surface area contributed by atoms with E-state index in [2.05, 4.69) is 41.3 Å². The van der Waals surface area contributed by atoms with Crippen molar-refractivity contribution in [3.8, 4) is 0 Å². The molecule has 1 aliphatic heterocycles. The van der Waals surface area contributed by atoms with Gasteiger partial charge in [0.2, 0.25) is 0 Å². The number of hydrogen-bond donors (Lipinski definition) is 1. The van der Waals surface area contributed by atoms with Gasteiger partial charge in [-0.15, -0.1) is 0 Å². The normalized spacial score (nSPS) is 20.4. The lowest BCUT2D eigenvalue weighted by Gasteiger charge is -2.43. The van der Waals surface area contributed by atoms with Gasteiger partial charge in [-0.25, -0.2) is 9.18 Å². The predicted molar refractivity (Wildman–Crippen MR) is 111 cm³/mol. The van der Waals surface area contributed by atoms with Gasteiger partial charge in [-0.05, 0) is 57.5 Å². The summed E-state index contributed by atoms with van der Waals surface area (Å²) < 4.78 is 13.3. The van der Waals surface area contributed by atoms with Gasteiger partial charge in [-0.1, -0.05) is 29.8 Å². The lowest BCUT2D eigenvalue weighted by Crippen LogP contribution is -2.55. The number of carbonyl (C=O) groups is 1. The maximum atomic E-state index is 13.3. The van der Waals surface area contributed by atoms with Gasteiger partial charge in [0, 0.05) is 24.5 Å². The lowest BCUT2D eigenvalue weighted by atomic mass is 9.87. The second kappa shape index (κ2) is 8.11. The van der Waals surface area contributed by atoms with Crippen LogP contribution in [0.4, 0.5) is 9.18 Å². The zero-order valence-corrected chi connectivity index (χ0v) is 17.2. The van der Waals surface area contributed by atoms with E-state index in [-0.39, 0.29) is 23.3 Å². The van der Waals surface area contributed by atoms with Crippen molar-refractivity contribution in [1.29, 1.82) is 0 Å². The molecule has 0 bridgehead atoms. The standard InChI is InChI=1S/C23H29FN4O/c1-17-3-5-18(6-4-17)13-26-22(29)28(15-20-8-7-19(24)14-25-20)21-9-12-27(2)16-23(21)10-11-23/h3-8,14,21H,9-13,15-16H2,1-2H3,(H,26,29)/t21-/m0/s1. The Morgan fingerprint density at radius 2 is 2.03 bits per heavy atom. The van der Waals surface area contributed by atoms with Crippen molar-refractivity contribution in [3.05, 3.63) is 65.2 Å². The van der Waals surface area contributed by atoms with Gasteiger partial charge >= 0.3 is 6.03 Å². The summed E-state index contributed by atoms with van der Waals surface area (Å²) in [4.78, 5) is 21.8. The van der Waals surface area contributed by atoms with E-state index < -0.39 is 0 Å². The number of likely N-dealkylation sites (tertiary alicyclic amines) is 1. The molecule has 1 saturated carbocycles. The molecule has 6 heteroatoms. The monoisotopic (exact) mass is 396 g/mol. The molecule has 1 atom stereocenters. The Labute approximate surface area is 171 Å². The van der Waals surface area contributed by atoms with E-state index in [0.29, 0.717) is 18.8 Å². The number of urea groups is 1. The number of nitrogens with one attached hydrogen (secondary N) is 1. The molecule has 29 heavy (non-hydrogen) atoms. The van der Waals surface area contributed by atoms with Crippen LogP contribution in [-0.2, 0) is 13.1 Å². The van der Waals surface area contributed by atoms with Crippen molar-refractivity contribution < 1.29 is 9.18 Å². The van der Waals surface area contributed by atoms with Crippen LogP contribution in [-0.4, -0.2) is 47.0 Å². The molecule has 4 rings (SSSR count). The lowest BCUT2D eigenvalue weighted by molar-refractivity contribution is 0.0669.